The van der Waals surface area contributed by atoms with E-state index in [0.29, 0.717) is 43.4 Å². The van der Waals surface area contributed by atoms with Crippen molar-refractivity contribution in [3.05, 3.63) is 48.0 Å². The van der Waals surface area contributed by atoms with Crippen LogP contribution in [0.5, 0.6) is 17.2 Å². The molecule has 3 N–H and O–H groups in total. The molecule has 1 aliphatic rings. The van der Waals surface area contributed by atoms with Crippen LogP contribution in [-0.2, 0) is 4.79 Å². The van der Waals surface area contributed by atoms with Gasteiger partial charge in [0.25, 0.3) is 0 Å². The maximum atomic E-state index is 12.8. The first-order chi connectivity index (χ1) is 14.1. The minimum absolute atomic E-state index is 0.0440. The fourth-order valence-electron chi connectivity index (χ4n) is 3.27. The summed E-state index contributed by atoms with van der Waals surface area (Å²) in [6.07, 6.45) is 0.634. The highest BCUT2D eigenvalue weighted by Gasteiger charge is 2.30. The van der Waals surface area contributed by atoms with Crippen LogP contribution in [-0.4, -0.2) is 31.8 Å². The molecule has 7 nitrogen and oxygen atoms in total. The van der Waals surface area contributed by atoms with Crippen LogP contribution in [0, 0.1) is 0 Å². The summed E-state index contributed by atoms with van der Waals surface area (Å²) in [5.74, 6) is 2.03. The molecule has 2 aromatic carbocycles. The Kier molecular flexibility index (Phi) is 7.32. The Hall–Kier alpha value is -2.77. The minimum Gasteiger partial charge on any atom is -0.494 e. The van der Waals surface area contributed by atoms with Gasteiger partial charge in [-0.15, -0.1) is 0 Å². The molecule has 1 heterocycles. The van der Waals surface area contributed by atoms with Gasteiger partial charge >= 0.3 is 0 Å². The lowest BCUT2D eigenvalue weighted by atomic mass is 10.0. The fraction of sp³-hybridized carbons (Fsp3) is 0.409. The lowest BCUT2D eigenvalue weighted by Crippen LogP contribution is -2.39. The normalized spacial score (nSPS) is 18.3. The predicted molar refractivity (Wildman–Crippen MR) is 112 cm³/mol. The number of benzene rings is 2. The number of hydrazine groups is 1. The van der Waals surface area contributed by atoms with Gasteiger partial charge < -0.3 is 19.5 Å². The van der Waals surface area contributed by atoms with Crippen molar-refractivity contribution in [1.29, 1.82) is 0 Å². The zero-order valence-corrected chi connectivity index (χ0v) is 17.2. The van der Waals surface area contributed by atoms with E-state index in [-0.39, 0.29) is 18.0 Å². The zero-order valence-electron chi connectivity index (χ0n) is 17.2. The van der Waals surface area contributed by atoms with Crippen LogP contribution in [0.3, 0.4) is 0 Å². The minimum atomic E-state index is -0.364. The van der Waals surface area contributed by atoms with E-state index in [1.807, 2.05) is 57.2 Å². The molecule has 0 radical (unpaired) electrons. The smallest absolute Gasteiger partial charge is 0.243 e. The van der Waals surface area contributed by atoms with E-state index >= 15 is 0 Å². The number of anilines is 1. The van der Waals surface area contributed by atoms with Crippen LogP contribution in [0.2, 0.25) is 0 Å². The van der Waals surface area contributed by atoms with Crippen molar-refractivity contribution < 1.29 is 19.0 Å². The Bertz CT molecular complexity index is 810. The third-order valence-corrected chi connectivity index (χ3v) is 4.63. The van der Waals surface area contributed by atoms with E-state index in [1.165, 1.54) is 0 Å². The number of hydrogen-bond donors (Lipinski definition) is 3. The van der Waals surface area contributed by atoms with Gasteiger partial charge in [-0.2, -0.15) is 0 Å². The maximum Gasteiger partial charge on any atom is 0.243 e. The van der Waals surface area contributed by atoms with Gasteiger partial charge in [-0.05, 0) is 57.0 Å². The second kappa shape index (κ2) is 10.1. The van der Waals surface area contributed by atoms with Crippen molar-refractivity contribution in [3.63, 3.8) is 0 Å². The molecule has 2 atom stereocenters. The Balaban J connectivity index is 1.65. The molecule has 1 saturated heterocycles. The summed E-state index contributed by atoms with van der Waals surface area (Å²) in [4.78, 5) is 12.8. The van der Waals surface area contributed by atoms with E-state index in [9.17, 15) is 4.79 Å². The highest BCUT2D eigenvalue weighted by Crippen LogP contribution is 2.31. The van der Waals surface area contributed by atoms with Crippen molar-refractivity contribution in [2.45, 2.75) is 39.3 Å². The van der Waals surface area contributed by atoms with Gasteiger partial charge in [-0.1, -0.05) is 12.1 Å². The number of rotatable bonds is 9. The lowest BCUT2D eigenvalue weighted by Gasteiger charge is -2.15. The summed E-state index contributed by atoms with van der Waals surface area (Å²) in [7, 11) is 0. The van der Waals surface area contributed by atoms with Crippen LogP contribution < -0.4 is 30.4 Å². The Morgan fingerprint density at radius 1 is 0.931 bits per heavy atom. The molecular formula is C22H29N3O4. The van der Waals surface area contributed by atoms with Crippen LogP contribution in [0.25, 0.3) is 0 Å². The first kappa shape index (κ1) is 21.0. The molecule has 1 amide bonds. The molecule has 1 fully saturated rings. The average molecular weight is 399 g/mol. The molecule has 0 spiro atoms. The molecule has 1 aliphatic heterocycles. The van der Waals surface area contributed by atoms with Gasteiger partial charge in [-0.3, -0.25) is 4.79 Å². The molecule has 7 heteroatoms. The number of carbonyl (C=O) groups is 1. The van der Waals surface area contributed by atoms with Gasteiger partial charge in [0.15, 0.2) is 0 Å². The Labute approximate surface area is 171 Å². The van der Waals surface area contributed by atoms with Crippen molar-refractivity contribution >= 4 is 11.6 Å². The van der Waals surface area contributed by atoms with Gasteiger partial charge in [-0.25, -0.2) is 10.9 Å². The summed E-state index contributed by atoms with van der Waals surface area (Å²) in [5, 5.41) is 2.97. The summed E-state index contributed by atoms with van der Waals surface area (Å²) >= 11 is 0. The number of carbonyl (C=O) groups excluding carboxylic acids is 1. The van der Waals surface area contributed by atoms with Gasteiger partial charge in [0, 0.05) is 12.1 Å². The van der Waals surface area contributed by atoms with Gasteiger partial charge in [0.1, 0.15) is 23.3 Å². The summed E-state index contributed by atoms with van der Waals surface area (Å²) in [6, 6.07) is 13.0. The molecule has 0 aromatic heterocycles. The first-order valence-corrected chi connectivity index (χ1v) is 10.1. The largest absolute Gasteiger partial charge is 0.494 e. The highest BCUT2D eigenvalue weighted by molar-refractivity contribution is 5.96. The SMILES string of the molecule is CCOc1ccc(C2CC(C(=O)Nc3cc(OCC)ccc3OCC)NN2)cc1. The molecule has 2 aromatic rings. The van der Waals surface area contributed by atoms with E-state index in [0.717, 1.165) is 11.3 Å². The molecule has 3 rings (SSSR count). The summed E-state index contributed by atoms with van der Waals surface area (Å²) in [5.41, 5.74) is 8.00. The monoisotopic (exact) mass is 399 g/mol. The molecular weight excluding hydrogens is 370 g/mol. The number of nitrogens with one attached hydrogen (secondary N) is 3. The van der Waals surface area contributed by atoms with Crippen LogP contribution in [0.1, 0.15) is 38.8 Å². The van der Waals surface area contributed by atoms with Crippen LogP contribution >= 0.6 is 0 Å². The second-order valence-corrected chi connectivity index (χ2v) is 6.64. The molecule has 29 heavy (non-hydrogen) atoms. The van der Waals surface area contributed by atoms with Crippen LogP contribution in [0.15, 0.2) is 42.5 Å². The van der Waals surface area contributed by atoms with E-state index in [1.54, 1.807) is 6.07 Å². The zero-order chi connectivity index (χ0) is 20.6. The van der Waals surface area contributed by atoms with Crippen LogP contribution in [0.4, 0.5) is 5.69 Å². The van der Waals surface area contributed by atoms with Crippen molar-refractivity contribution in [3.8, 4) is 17.2 Å². The third-order valence-electron chi connectivity index (χ3n) is 4.63. The first-order valence-electron chi connectivity index (χ1n) is 10.1. The number of ether oxygens (including phenoxy) is 3. The van der Waals surface area contributed by atoms with Gasteiger partial charge in [0.2, 0.25) is 5.91 Å². The topological polar surface area (TPSA) is 80.9 Å². The van der Waals surface area contributed by atoms with E-state index < -0.39 is 0 Å². The quantitative estimate of drug-likeness (QED) is 0.599. The lowest BCUT2D eigenvalue weighted by molar-refractivity contribution is -0.117. The van der Waals surface area contributed by atoms with Crippen molar-refractivity contribution in [1.82, 2.24) is 10.9 Å². The maximum absolute atomic E-state index is 12.8. The summed E-state index contributed by atoms with van der Waals surface area (Å²) in [6.45, 7) is 7.49. The molecule has 2 unspecified atom stereocenters. The molecule has 0 saturated carbocycles. The number of amides is 1. The second-order valence-electron chi connectivity index (χ2n) is 6.64. The Morgan fingerprint density at radius 3 is 2.28 bits per heavy atom. The fourth-order valence-corrected chi connectivity index (χ4v) is 3.27. The van der Waals surface area contributed by atoms with Crippen molar-refractivity contribution in [2.24, 2.45) is 0 Å². The number of hydrogen-bond acceptors (Lipinski definition) is 6. The third kappa shape index (κ3) is 5.40. The molecule has 156 valence electrons. The van der Waals surface area contributed by atoms with Crippen molar-refractivity contribution in [2.75, 3.05) is 25.1 Å². The van der Waals surface area contributed by atoms with E-state index in [4.69, 9.17) is 14.2 Å². The summed E-state index contributed by atoms with van der Waals surface area (Å²) < 4.78 is 16.7. The molecule has 0 bridgehead atoms. The highest BCUT2D eigenvalue weighted by atomic mass is 16.5. The van der Waals surface area contributed by atoms with E-state index in [2.05, 4.69) is 16.2 Å². The molecule has 0 aliphatic carbocycles. The standard InChI is InChI=1S/C22H29N3O4/c1-4-27-16-9-7-15(8-10-16)18-14-20(25-24-18)22(26)23-19-13-17(28-5-2)11-12-21(19)29-6-3/h7-13,18,20,24-25H,4-6,14H2,1-3H3,(H,23,26). The Morgan fingerprint density at radius 2 is 1.59 bits per heavy atom. The van der Waals surface area contributed by atoms with Gasteiger partial charge in [0.05, 0.1) is 25.5 Å². The average Bonchev–Trinajstić information content (AvgIpc) is 3.21. The predicted octanol–water partition coefficient (Wildman–Crippen LogP) is 3.43.